The van der Waals surface area contributed by atoms with Crippen molar-refractivity contribution >= 4 is 5.91 Å². The Hall–Kier alpha value is -1.69. The average molecular weight is 287 g/mol. The fourth-order valence-corrected chi connectivity index (χ4v) is 1.85. The standard InChI is InChI=1S/C14H19F2NO3/c1-2-11(7-8-18)17-13(19)9-10-5-3-4-6-12(10)20-14(15)16/h3-6,11,14,18H,2,7-9H2,1H3,(H,17,19). The van der Waals surface area contributed by atoms with Gasteiger partial charge in [-0.2, -0.15) is 8.78 Å². The highest BCUT2D eigenvalue weighted by molar-refractivity contribution is 5.79. The largest absolute Gasteiger partial charge is 0.435 e. The number of benzene rings is 1. The summed E-state index contributed by atoms with van der Waals surface area (Å²) in [6.07, 6.45) is 1.13. The number of halogens is 2. The van der Waals surface area contributed by atoms with E-state index < -0.39 is 6.61 Å². The highest BCUT2D eigenvalue weighted by Gasteiger charge is 2.14. The molecule has 2 N–H and O–H groups in total. The van der Waals surface area contributed by atoms with Gasteiger partial charge < -0.3 is 15.2 Å². The van der Waals surface area contributed by atoms with E-state index in [1.807, 2.05) is 6.92 Å². The summed E-state index contributed by atoms with van der Waals surface area (Å²) in [4.78, 5) is 11.9. The molecule has 0 radical (unpaired) electrons. The molecular formula is C14H19F2NO3. The van der Waals surface area contributed by atoms with E-state index in [-0.39, 0.29) is 30.7 Å². The number of hydrogen-bond donors (Lipinski definition) is 2. The zero-order chi connectivity index (χ0) is 15.0. The second kappa shape index (κ2) is 8.47. The van der Waals surface area contributed by atoms with E-state index in [1.54, 1.807) is 18.2 Å². The molecule has 0 heterocycles. The van der Waals surface area contributed by atoms with Gasteiger partial charge in [0.15, 0.2) is 0 Å². The number of aliphatic hydroxyl groups excluding tert-OH is 1. The number of alkyl halides is 2. The molecule has 1 unspecified atom stereocenters. The van der Waals surface area contributed by atoms with E-state index in [9.17, 15) is 13.6 Å². The van der Waals surface area contributed by atoms with E-state index in [0.29, 0.717) is 18.4 Å². The molecule has 20 heavy (non-hydrogen) atoms. The van der Waals surface area contributed by atoms with Crippen molar-refractivity contribution in [2.24, 2.45) is 0 Å². The van der Waals surface area contributed by atoms with Crippen molar-refractivity contribution in [3.8, 4) is 5.75 Å². The van der Waals surface area contributed by atoms with Crippen LogP contribution < -0.4 is 10.1 Å². The third-order valence-electron chi connectivity index (χ3n) is 2.88. The maximum Gasteiger partial charge on any atom is 0.387 e. The molecule has 0 aliphatic heterocycles. The minimum atomic E-state index is -2.92. The van der Waals surface area contributed by atoms with Gasteiger partial charge in [-0.15, -0.1) is 0 Å². The lowest BCUT2D eigenvalue weighted by Crippen LogP contribution is -2.36. The first-order valence-corrected chi connectivity index (χ1v) is 6.49. The van der Waals surface area contributed by atoms with E-state index >= 15 is 0 Å². The highest BCUT2D eigenvalue weighted by atomic mass is 19.3. The maximum atomic E-state index is 12.3. The van der Waals surface area contributed by atoms with Crippen LogP contribution in [0, 0.1) is 0 Å². The monoisotopic (exact) mass is 287 g/mol. The molecule has 1 aromatic rings. The van der Waals surface area contributed by atoms with Crippen molar-refractivity contribution in [1.29, 1.82) is 0 Å². The number of amides is 1. The van der Waals surface area contributed by atoms with Crippen LogP contribution in [0.3, 0.4) is 0 Å². The van der Waals surface area contributed by atoms with E-state index in [0.717, 1.165) is 0 Å². The predicted molar refractivity (Wildman–Crippen MR) is 70.7 cm³/mol. The van der Waals surface area contributed by atoms with Crippen LogP contribution in [0.1, 0.15) is 25.3 Å². The number of nitrogens with one attached hydrogen (secondary N) is 1. The van der Waals surface area contributed by atoms with Crippen LogP contribution in [0.25, 0.3) is 0 Å². The summed E-state index contributed by atoms with van der Waals surface area (Å²) >= 11 is 0. The Kier molecular flexibility index (Phi) is 6.93. The Morgan fingerprint density at radius 2 is 2.10 bits per heavy atom. The third kappa shape index (κ3) is 5.52. The predicted octanol–water partition coefficient (Wildman–Crippen LogP) is 2.11. The van der Waals surface area contributed by atoms with Gasteiger partial charge in [0.25, 0.3) is 0 Å². The fraction of sp³-hybridized carbons (Fsp3) is 0.500. The number of carbonyl (C=O) groups is 1. The van der Waals surface area contributed by atoms with E-state index in [4.69, 9.17) is 5.11 Å². The molecule has 1 atom stereocenters. The summed E-state index contributed by atoms with van der Waals surface area (Å²) in [6.45, 7) is -1.03. The Morgan fingerprint density at radius 1 is 1.40 bits per heavy atom. The van der Waals surface area contributed by atoms with Gasteiger partial charge in [0.1, 0.15) is 5.75 Å². The van der Waals surface area contributed by atoms with Crippen LogP contribution in [0.15, 0.2) is 24.3 Å². The smallest absolute Gasteiger partial charge is 0.387 e. The molecule has 0 aromatic heterocycles. The van der Waals surface area contributed by atoms with Crippen LogP contribution in [0.5, 0.6) is 5.75 Å². The van der Waals surface area contributed by atoms with Gasteiger partial charge in [-0.3, -0.25) is 4.79 Å². The molecule has 4 nitrogen and oxygen atoms in total. The SMILES string of the molecule is CCC(CCO)NC(=O)Cc1ccccc1OC(F)F. The summed E-state index contributed by atoms with van der Waals surface area (Å²) in [5.41, 5.74) is 0.407. The molecule has 112 valence electrons. The van der Waals surface area contributed by atoms with Gasteiger partial charge in [-0.1, -0.05) is 25.1 Å². The number of para-hydroxylation sites is 1. The zero-order valence-corrected chi connectivity index (χ0v) is 11.3. The molecule has 0 saturated heterocycles. The second-order valence-corrected chi connectivity index (χ2v) is 4.35. The number of ether oxygens (including phenoxy) is 1. The minimum absolute atomic E-state index is 0.00727. The van der Waals surface area contributed by atoms with Gasteiger partial charge >= 0.3 is 6.61 Å². The Bertz CT molecular complexity index is 427. The van der Waals surface area contributed by atoms with Gasteiger partial charge in [0.05, 0.1) is 6.42 Å². The summed E-state index contributed by atoms with van der Waals surface area (Å²) in [6, 6.07) is 6.09. The normalized spacial score (nSPS) is 12.2. The van der Waals surface area contributed by atoms with Gasteiger partial charge in [0.2, 0.25) is 5.91 Å². The molecule has 1 rings (SSSR count). The molecule has 1 amide bonds. The molecule has 0 aliphatic carbocycles. The molecule has 1 aromatic carbocycles. The number of hydrogen-bond acceptors (Lipinski definition) is 3. The Labute approximate surface area is 116 Å². The Balaban J connectivity index is 2.65. The topological polar surface area (TPSA) is 58.6 Å². The van der Waals surface area contributed by atoms with Crippen LogP contribution in [-0.4, -0.2) is 30.3 Å². The molecular weight excluding hydrogens is 268 g/mol. The van der Waals surface area contributed by atoms with Gasteiger partial charge in [0, 0.05) is 18.2 Å². The van der Waals surface area contributed by atoms with Crippen LogP contribution in [-0.2, 0) is 11.2 Å². The molecule has 0 aliphatic rings. The van der Waals surface area contributed by atoms with Crippen LogP contribution in [0.2, 0.25) is 0 Å². The molecule has 0 fully saturated rings. The first-order chi connectivity index (χ1) is 9.56. The van der Waals surface area contributed by atoms with Crippen molar-refractivity contribution in [3.63, 3.8) is 0 Å². The lowest BCUT2D eigenvalue weighted by Gasteiger charge is -2.16. The number of carbonyl (C=O) groups excluding carboxylic acids is 1. The lowest BCUT2D eigenvalue weighted by molar-refractivity contribution is -0.121. The second-order valence-electron chi connectivity index (χ2n) is 4.35. The quantitative estimate of drug-likeness (QED) is 0.770. The maximum absolute atomic E-state index is 12.3. The average Bonchev–Trinajstić information content (AvgIpc) is 2.40. The van der Waals surface area contributed by atoms with Gasteiger partial charge in [-0.25, -0.2) is 0 Å². The van der Waals surface area contributed by atoms with Crippen molar-refractivity contribution in [1.82, 2.24) is 5.32 Å². The van der Waals surface area contributed by atoms with E-state index in [1.165, 1.54) is 6.07 Å². The van der Waals surface area contributed by atoms with Crippen molar-refractivity contribution in [2.45, 2.75) is 38.8 Å². The highest BCUT2D eigenvalue weighted by Crippen LogP contribution is 2.20. The Morgan fingerprint density at radius 3 is 2.70 bits per heavy atom. The first-order valence-electron chi connectivity index (χ1n) is 6.49. The minimum Gasteiger partial charge on any atom is -0.435 e. The summed E-state index contributed by atoms with van der Waals surface area (Å²) < 4.78 is 28.9. The van der Waals surface area contributed by atoms with Crippen molar-refractivity contribution in [3.05, 3.63) is 29.8 Å². The first kappa shape index (κ1) is 16.4. The van der Waals surface area contributed by atoms with Crippen molar-refractivity contribution in [2.75, 3.05) is 6.61 Å². The zero-order valence-electron chi connectivity index (χ0n) is 11.3. The summed E-state index contributed by atoms with van der Waals surface area (Å²) in [5.74, 6) is -0.275. The van der Waals surface area contributed by atoms with Crippen LogP contribution >= 0.6 is 0 Å². The molecule has 0 saturated carbocycles. The number of aliphatic hydroxyl groups is 1. The molecule has 0 spiro atoms. The summed E-state index contributed by atoms with van der Waals surface area (Å²) in [7, 11) is 0. The fourth-order valence-electron chi connectivity index (χ4n) is 1.85. The third-order valence-corrected chi connectivity index (χ3v) is 2.88. The molecule has 0 bridgehead atoms. The lowest BCUT2D eigenvalue weighted by atomic mass is 10.1. The van der Waals surface area contributed by atoms with Crippen molar-refractivity contribution < 1.29 is 23.4 Å². The molecule has 6 heteroatoms. The van der Waals surface area contributed by atoms with Crippen LogP contribution in [0.4, 0.5) is 8.78 Å². The van der Waals surface area contributed by atoms with E-state index in [2.05, 4.69) is 10.1 Å². The number of rotatable bonds is 8. The summed E-state index contributed by atoms with van der Waals surface area (Å²) in [5, 5.41) is 11.6. The van der Waals surface area contributed by atoms with Gasteiger partial charge in [-0.05, 0) is 18.9 Å².